The topological polar surface area (TPSA) is 38.3 Å². The average Bonchev–Trinajstić information content (AvgIpc) is 2.33. The van der Waals surface area contributed by atoms with Crippen molar-refractivity contribution in [3.63, 3.8) is 0 Å². The van der Waals surface area contributed by atoms with Crippen LogP contribution in [0, 0.1) is 0 Å². The highest BCUT2D eigenvalue weighted by Gasteiger charge is 2.32. The predicted molar refractivity (Wildman–Crippen MR) is 71.8 cm³/mol. The maximum absolute atomic E-state index is 12.3. The highest BCUT2D eigenvalue weighted by atomic mass is 16.5. The van der Waals surface area contributed by atoms with E-state index < -0.39 is 5.41 Å². The average molecular weight is 247 g/mol. The van der Waals surface area contributed by atoms with Gasteiger partial charge in [0.15, 0.2) is 0 Å². The SMILES string of the molecule is COc1cccc(C(C)(C)C(=O)NC2CCC2)c1. The quantitative estimate of drug-likeness (QED) is 0.888. The van der Waals surface area contributed by atoms with Crippen molar-refractivity contribution in [3.05, 3.63) is 29.8 Å². The Hall–Kier alpha value is -1.51. The summed E-state index contributed by atoms with van der Waals surface area (Å²) in [7, 11) is 1.64. The molecule has 1 fully saturated rings. The number of hydrogen-bond acceptors (Lipinski definition) is 2. The monoisotopic (exact) mass is 247 g/mol. The second-order valence-electron chi connectivity index (χ2n) is 5.46. The first-order valence-corrected chi connectivity index (χ1v) is 6.49. The Labute approximate surface area is 109 Å². The lowest BCUT2D eigenvalue weighted by atomic mass is 9.82. The van der Waals surface area contributed by atoms with Crippen molar-refractivity contribution in [2.24, 2.45) is 0 Å². The van der Waals surface area contributed by atoms with E-state index in [1.807, 2.05) is 38.1 Å². The van der Waals surface area contributed by atoms with Gasteiger partial charge in [0.25, 0.3) is 0 Å². The number of carbonyl (C=O) groups excluding carboxylic acids is 1. The minimum Gasteiger partial charge on any atom is -0.497 e. The summed E-state index contributed by atoms with van der Waals surface area (Å²) in [6, 6.07) is 8.10. The van der Waals surface area contributed by atoms with E-state index in [1.54, 1.807) is 7.11 Å². The number of methoxy groups -OCH3 is 1. The molecule has 0 heterocycles. The van der Waals surface area contributed by atoms with Crippen LogP contribution in [0.4, 0.5) is 0 Å². The highest BCUT2D eigenvalue weighted by molar-refractivity contribution is 5.87. The molecule has 0 aromatic heterocycles. The van der Waals surface area contributed by atoms with Gasteiger partial charge in [-0.25, -0.2) is 0 Å². The Morgan fingerprint density at radius 2 is 2.11 bits per heavy atom. The Morgan fingerprint density at radius 3 is 2.67 bits per heavy atom. The zero-order valence-corrected chi connectivity index (χ0v) is 11.3. The van der Waals surface area contributed by atoms with Crippen LogP contribution in [0.25, 0.3) is 0 Å². The number of amides is 1. The van der Waals surface area contributed by atoms with Crippen LogP contribution in [0.5, 0.6) is 5.75 Å². The fourth-order valence-corrected chi connectivity index (χ4v) is 2.06. The predicted octanol–water partition coefficient (Wildman–Crippen LogP) is 2.64. The van der Waals surface area contributed by atoms with E-state index in [4.69, 9.17) is 4.74 Å². The lowest BCUT2D eigenvalue weighted by Crippen LogP contribution is -2.47. The molecule has 1 amide bonds. The van der Waals surface area contributed by atoms with Crippen molar-refractivity contribution >= 4 is 5.91 Å². The number of hydrogen-bond donors (Lipinski definition) is 1. The van der Waals surface area contributed by atoms with E-state index in [1.165, 1.54) is 6.42 Å². The van der Waals surface area contributed by atoms with E-state index >= 15 is 0 Å². The van der Waals surface area contributed by atoms with Crippen molar-refractivity contribution in [1.29, 1.82) is 0 Å². The molecule has 0 aliphatic heterocycles. The third kappa shape index (κ3) is 2.50. The van der Waals surface area contributed by atoms with Crippen LogP contribution in [0.15, 0.2) is 24.3 Å². The van der Waals surface area contributed by atoms with Crippen molar-refractivity contribution < 1.29 is 9.53 Å². The van der Waals surface area contributed by atoms with Crippen LogP contribution in [0.2, 0.25) is 0 Å². The lowest BCUT2D eigenvalue weighted by Gasteiger charge is -2.32. The van der Waals surface area contributed by atoms with Gasteiger partial charge in [0.1, 0.15) is 5.75 Å². The summed E-state index contributed by atoms with van der Waals surface area (Å²) in [5, 5.41) is 3.11. The third-order valence-electron chi connectivity index (χ3n) is 3.80. The molecule has 0 spiro atoms. The Kier molecular flexibility index (Phi) is 3.60. The van der Waals surface area contributed by atoms with Crippen molar-refractivity contribution in [2.75, 3.05) is 7.11 Å². The third-order valence-corrected chi connectivity index (χ3v) is 3.80. The van der Waals surface area contributed by atoms with Crippen LogP contribution >= 0.6 is 0 Å². The standard InChI is InChI=1S/C15H21NO2/c1-15(2,14(17)16-12-7-5-8-12)11-6-4-9-13(10-11)18-3/h4,6,9-10,12H,5,7-8H2,1-3H3,(H,16,17). The molecule has 3 heteroatoms. The molecule has 2 rings (SSSR count). The largest absolute Gasteiger partial charge is 0.497 e. The molecule has 98 valence electrons. The first-order valence-electron chi connectivity index (χ1n) is 6.49. The molecular weight excluding hydrogens is 226 g/mol. The number of ether oxygens (including phenoxy) is 1. The summed E-state index contributed by atoms with van der Waals surface area (Å²) in [6.45, 7) is 3.91. The maximum atomic E-state index is 12.3. The fraction of sp³-hybridized carbons (Fsp3) is 0.533. The molecule has 3 nitrogen and oxygen atoms in total. The highest BCUT2D eigenvalue weighted by Crippen LogP contribution is 2.28. The van der Waals surface area contributed by atoms with Crippen LogP contribution in [-0.2, 0) is 10.2 Å². The first-order chi connectivity index (χ1) is 8.54. The van der Waals surface area contributed by atoms with Gasteiger partial charge in [0, 0.05) is 6.04 Å². The van der Waals surface area contributed by atoms with E-state index in [0.717, 1.165) is 24.2 Å². The van der Waals surface area contributed by atoms with Gasteiger partial charge in [-0.15, -0.1) is 0 Å². The summed E-state index contributed by atoms with van der Waals surface area (Å²) in [6.07, 6.45) is 3.45. The van der Waals surface area contributed by atoms with Gasteiger partial charge in [0.2, 0.25) is 5.91 Å². The molecule has 0 bridgehead atoms. The van der Waals surface area contributed by atoms with Crippen molar-refractivity contribution in [1.82, 2.24) is 5.32 Å². The summed E-state index contributed by atoms with van der Waals surface area (Å²) in [5.74, 6) is 0.887. The summed E-state index contributed by atoms with van der Waals surface area (Å²) in [4.78, 5) is 12.3. The Morgan fingerprint density at radius 1 is 1.39 bits per heavy atom. The molecular formula is C15H21NO2. The lowest BCUT2D eigenvalue weighted by molar-refractivity contribution is -0.126. The molecule has 0 atom stereocenters. The normalized spacial score (nSPS) is 15.9. The number of benzene rings is 1. The minimum atomic E-state index is -0.524. The van der Waals surface area contributed by atoms with Crippen LogP contribution in [0.1, 0.15) is 38.7 Å². The smallest absolute Gasteiger partial charge is 0.230 e. The van der Waals surface area contributed by atoms with Crippen LogP contribution in [-0.4, -0.2) is 19.1 Å². The molecule has 1 aromatic rings. The van der Waals surface area contributed by atoms with E-state index in [-0.39, 0.29) is 5.91 Å². The number of rotatable bonds is 4. The zero-order chi connectivity index (χ0) is 13.2. The Balaban J connectivity index is 2.14. The Bertz CT molecular complexity index is 436. The number of carbonyl (C=O) groups is 1. The zero-order valence-electron chi connectivity index (χ0n) is 11.3. The van der Waals surface area contributed by atoms with E-state index in [0.29, 0.717) is 6.04 Å². The van der Waals surface area contributed by atoms with Gasteiger partial charge >= 0.3 is 0 Å². The fourth-order valence-electron chi connectivity index (χ4n) is 2.06. The molecule has 1 saturated carbocycles. The summed E-state index contributed by atoms with van der Waals surface area (Å²) < 4.78 is 5.21. The molecule has 1 N–H and O–H groups in total. The van der Waals surface area contributed by atoms with Gasteiger partial charge in [-0.3, -0.25) is 4.79 Å². The van der Waals surface area contributed by atoms with Crippen molar-refractivity contribution in [2.45, 2.75) is 44.6 Å². The molecule has 1 aliphatic carbocycles. The molecule has 1 aromatic carbocycles. The molecule has 0 radical (unpaired) electrons. The summed E-state index contributed by atoms with van der Waals surface area (Å²) in [5.41, 5.74) is 0.461. The number of nitrogens with one attached hydrogen (secondary N) is 1. The first kappa shape index (κ1) is 12.9. The van der Waals surface area contributed by atoms with E-state index in [9.17, 15) is 4.79 Å². The molecule has 0 saturated heterocycles. The van der Waals surface area contributed by atoms with Gasteiger partial charge in [0.05, 0.1) is 12.5 Å². The van der Waals surface area contributed by atoms with Gasteiger partial charge in [-0.05, 0) is 50.8 Å². The molecule has 1 aliphatic rings. The van der Waals surface area contributed by atoms with Gasteiger partial charge in [-0.2, -0.15) is 0 Å². The second kappa shape index (κ2) is 5.01. The molecule has 0 unspecified atom stereocenters. The van der Waals surface area contributed by atoms with Crippen molar-refractivity contribution in [3.8, 4) is 5.75 Å². The van der Waals surface area contributed by atoms with E-state index in [2.05, 4.69) is 5.32 Å². The van der Waals surface area contributed by atoms with Crippen LogP contribution in [0.3, 0.4) is 0 Å². The van der Waals surface area contributed by atoms with Crippen LogP contribution < -0.4 is 10.1 Å². The summed E-state index contributed by atoms with van der Waals surface area (Å²) >= 11 is 0. The maximum Gasteiger partial charge on any atom is 0.230 e. The molecule has 18 heavy (non-hydrogen) atoms. The second-order valence-corrected chi connectivity index (χ2v) is 5.46. The van der Waals surface area contributed by atoms with Gasteiger partial charge in [-0.1, -0.05) is 12.1 Å². The van der Waals surface area contributed by atoms with Gasteiger partial charge < -0.3 is 10.1 Å². The minimum absolute atomic E-state index is 0.0976.